The fraction of sp³-hybridized carbons (Fsp3) is 0.533. The van der Waals surface area contributed by atoms with Gasteiger partial charge in [-0.25, -0.2) is 4.98 Å². The van der Waals surface area contributed by atoms with Crippen LogP contribution in [0.1, 0.15) is 26.2 Å². The lowest BCUT2D eigenvalue weighted by molar-refractivity contribution is 0.0163. The van der Waals surface area contributed by atoms with Crippen molar-refractivity contribution in [3.05, 3.63) is 39.0 Å². The number of hydrogen-bond donors (Lipinski definition) is 0. The molecule has 0 bridgehead atoms. The van der Waals surface area contributed by atoms with E-state index in [0.717, 1.165) is 25.9 Å². The Hall–Kier alpha value is -1.95. The first kappa shape index (κ1) is 12.8. The van der Waals surface area contributed by atoms with Crippen molar-refractivity contribution in [1.82, 2.24) is 19.0 Å². The van der Waals surface area contributed by atoms with Crippen molar-refractivity contribution in [2.24, 2.45) is 0 Å². The number of likely N-dealkylation sites (tertiary alicyclic amines) is 1. The third kappa shape index (κ3) is 1.65. The molecule has 2 aliphatic rings. The molecular weight excluding hydrogens is 268 g/mol. The zero-order chi connectivity index (χ0) is 14.6. The molecule has 6 heteroatoms. The summed E-state index contributed by atoms with van der Waals surface area (Å²) in [6.07, 6.45) is 4.87. The molecule has 1 unspecified atom stereocenters. The maximum absolute atomic E-state index is 12.5. The zero-order valence-corrected chi connectivity index (χ0v) is 12.1. The van der Waals surface area contributed by atoms with Crippen molar-refractivity contribution in [2.45, 2.75) is 38.4 Å². The van der Waals surface area contributed by atoms with E-state index >= 15 is 0 Å². The van der Waals surface area contributed by atoms with E-state index in [2.05, 4.69) is 16.8 Å². The quantitative estimate of drug-likeness (QED) is 0.775. The van der Waals surface area contributed by atoms with E-state index in [1.165, 1.54) is 12.6 Å². The topological polar surface area (TPSA) is 60.1 Å². The van der Waals surface area contributed by atoms with Crippen molar-refractivity contribution in [1.29, 1.82) is 0 Å². The van der Waals surface area contributed by atoms with Crippen LogP contribution < -0.4 is 11.1 Å². The Labute approximate surface area is 121 Å². The molecule has 0 radical (unpaired) electrons. The van der Waals surface area contributed by atoms with Crippen LogP contribution in [0, 0.1) is 0 Å². The normalized spacial score (nSPS) is 25.6. The standard InChI is InChI=1S/C15H18N4O2/c1-15(17-7-3-2-4-8-17)10-18-13(21)9-16-11-5-6-12(20)19(15)14(11)18/h5-6,9H,2-4,7-8,10H2,1H3. The molecule has 110 valence electrons. The molecule has 2 aromatic rings. The Balaban J connectivity index is 2.01. The molecule has 0 aliphatic carbocycles. The van der Waals surface area contributed by atoms with Crippen LogP contribution in [-0.2, 0) is 12.2 Å². The second-order valence-electron chi connectivity index (χ2n) is 6.16. The van der Waals surface area contributed by atoms with Crippen LogP contribution in [0.4, 0.5) is 0 Å². The van der Waals surface area contributed by atoms with Gasteiger partial charge in [-0.1, -0.05) is 6.42 Å². The molecule has 6 nitrogen and oxygen atoms in total. The minimum absolute atomic E-state index is 0.0609. The van der Waals surface area contributed by atoms with E-state index < -0.39 is 5.66 Å². The molecule has 0 saturated carbocycles. The Morgan fingerprint density at radius 2 is 1.86 bits per heavy atom. The van der Waals surface area contributed by atoms with E-state index in [-0.39, 0.29) is 11.1 Å². The van der Waals surface area contributed by atoms with Gasteiger partial charge in [-0.15, -0.1) is 0 Å². The Morgan fingerprint density at radius 3 is 2.62 bits per heavy atom. The number of aromatic nitrogens is 3. The highest BCUT2D eigenvalue weighted by molar-refractivity contribution is 5.71. The molecule has 2 aliphatic heterocycles. The largest absolute Gasteiger partial charge is 0.288 e. The molecule has 0 spiro atoms. The van der Waals surface area contributed by atoms with E-state index in [1.807, 2.05) is 0 Å². The van der Waals surface area contributed by atoms with Gasteiger partial charge in [0.25, 0.3) is 11.1 Å². The van der Waals surface area contributed by atoms with Crippen LogP contribution in [0.5, 0.6) is 0 Å². The molecule has 1 saturated heterocycles. The molecule has 0 aromatic carbocycles. The maximum Gasteiger partial charge on any atom is 0.270 e. The SMILES string of the molecule is CC1(N2CCCCC2)Cn2c(=O)cnc3ccc(=O)n1c32. The van der Waals surface area contributed by atoms with Crippen LogP contribution in [0.3, 0.4) is 0 Å². The Morgan fingerprint density at radius 1 is 1.10 bits per heavy atom. The first-order chi connectivity index (χ1) is 10.1. The van der Waals surface area contributed by atoms with Gasteiger partial charge in [-0.3, -0.25) is 23.6 Å². The number of pyridine rings is 1. The summed E-state index contributed by atoms with van der Waals surface area (Å²) in [5, 5.41) is 0. The second-order valence-corrected chi connectivity index (χ2v) is 6.16. The lowest BCUT2D eigenvalue weighted by Crippen LogP contribution is -2.53. The molecule has 21 heavy (non-hydrogen) atoms. The summed E-state index contributed by atoms with van der Waals surface area (Å²) >= 11 is 0. The van der Waals surface area contributed by atoms with Crippen molar-refractivity contribution >= 4 is 11.2 Å². The van der Waals surface area contributed by atoms with Gasteiger partial charge < -0.3 is 0 Å². The van der Waals surface area contributed by atoms with Gasteiger partial charge in [0.2, 0.25) is 0 Å². The molecule has 4 heterocycles. The average molecular weight is 286 g/mol. The van der Waals surface area contributed by atoms with Gasteiger partial charge in [0, 0.05) is 19.2 Å². The monoisotopic (exact) mass is 286 g/mol. The number of piperidine rings is 1. The molecule has 0 amide bonds. The Bertz CT molecular complexity index is 826. The summed E-state index contributed by atoms with van der Waals surface area (Å²) in [5.41, 5.74) is 0.696. The van der Waals surface area contributed by atoms with Gasteiger partial charge in [0.15, 0.2) is 0 Å². The first-order valence-corrected chi connectivity index (χ1v) is 7.48. The zero-order valence-electron chi connectivity index (χ0n) is 12.1. The number of rotatable bonds is 1. The van der Waals surface area contributed by atoms with Crippen LogP contribution in [-0.4, -0.2) is 32.1 Å². The van der Waals surface area contributed by atoms with E-state index in [4.69, 9.17) is 0 Å². The summed E-state index contributed by atoms with van der Waals surface area (Å²) in [4.78, 5) is 31.1. The van der Waals surface area contributed by atoms with Crippen LogP contribution in [0.25, 0.3) is 11.2 Å². The van der Waals surface area contributed by atoms with Crippen molar-refractivity contribution in [3.63, 3.8) is 0 Å². The summed E-state index contributed by atoms with van der Waals surface area (Å²) in [5.74, 6) is 0. The van der Waals surface area contributed by atoms with E-state index in [1.54, 1.807) is 21.3 Å². The fourth-order valence-corrected chi connectivity index (χ4v) is 3.78. The summed E-state index contributed by atoms with van der Waals surface area (Å²) < 4.78 is 3.46. The van der Waals surface area contributed by atoms with Crippen LogP contribution >= 0.6 is 0 Å². The lowest BCUT2D eigenvalue weighted by Gasteiger charge is -2.41. The van der Waals surface area contributed by atoms with Crippen molar-refractivity contribution in [2.75, 3.05) is 13.1 Å². The van der Waals surface area contributed by atoms with Crippen LogP contribution in [0.15, 0.2) is 27.9 Å². The molecule has 2 aromatic heterocycles. The molecule has 1 atom stereocenters. The minimum atomic E-state index is -0.466. The highest BCUT2D eigenvalue weighted by atomic mass is 16.1. The predicted molar refractivity (Wildman–Crippen MR) is 79.3 cm³/mol. The van der Waals surface area contributed by atoms with Crippen molar-refractivity contribution < 1.29 is 0 Å². The average Bonchev–Trinajstić information content (AvgIpc) is 2.84. The fourth-order valence-electron chi connectivity index (χ4n) is 3.78. The third-order valence-electron chi connectivity index (χ3n) is 4.86. The molecule has 1 fully saturated rings. The van der Waals surface area contributed by atoms with Gasteiger partial charge >= 0.3 is 0 Å². The predicted octanol–water partition coefficient (Wildman–Crippen LogP) is 0.730. The first-order valence-electron chi connectivity index (χ1n) is 7.48. The number of hydrogen-bond acceptors (Lipinski definition) is 4. The van der Waals surface area contributed by atoms with Gasteiger partial charge in [-0.2, -0.15) is 0 Å². The smallest absolute Gasteiger partial charge is 0.270 e. The van der Waals surface area contributed by atoms with Crippen molar-refractivity contribution in [3.8, 4) is 0 Å². The number of nitrogens with zero attached hydrogens (tertiary/aromatic N) is 4. The van der Waals surface area contributed by atoms with Gasteiger partial charge in [0.1, 0.15) is 16.8 Å². The van der Waals surface area contributed by atoms with E-state index in [0.29, 0.717) is 17.7 Å². The minimum Gasteiger partial charge on any atom is -0.288 e. The highest BCUT2D eigenvalue weighted by Crippen LogP contribution is 2.33. The third-order valence-corrected chi connectivity index (χ3v) is 4.86. The summed E-state index contributed by atoms with van der Waals surface area (Å²) in [6, 6.07) is 3.25. The molecular formula is C15H18N4O2. The van der Waals surface area contributed by atoms with Crippen LogP contribution in [0.2, 0.25) is 0 Å². The summed E-state index contributed by atoms with van der Waals surface area (Å²) in [6.45, 7) is 4.51. The Kier molecular flexibility index (Phi) is 2.60. The molecule has 4 rings (SSSR count). The lowest BCUT2D eigenvalue weighted by atomic mass is 10.0. The van der Waals surface area contributed by atoms with E-state index in [9.17, 15) is 9.59 Å². The van der Waals surface area contributed by atoms with Gasteiger partial charge in [-0.05, 0) is 25.8 Å². The second kappa shape index (κ2) is 4.27. The molecule has 0 N–H and O–H groups in total. The maximum atomic E-state index is 12.5. The summed E-state index contributed by atoms with van der Waals surface area (Å²) in [7, 11) is 0. The highest BCUT2D eigenvalue weighted by Gasteiger charge is 2.42. The van der Waals surface area contributed by atoms with Gasteiger partial charge in [0.05, 0.1) is 12.7 Å².